The summed E-state index contributed by atoms with van der Waals surface area (Å²) < 4.78 is 10.1. The molecule has 3 aromatic rings. The number of benzene rings is 1. The molecule has 0 aliphatic heterocycles. The predicted molar refractivity (Wildman–Crippen MR) is 89.5 cm³/mol. The van der Waals surface area contributed by atoms with Crippen molar-refractivity contribution in [2.45, 2.75) is 19.4 Å². The molecule has 3 rings (SSSR count). The number of thiophene rings is 1. The summed E-state index contributed by atoms with van der Waals surface area (Å²) in [5.74, 6) is -0.859. The van der Waals surface area contributed by atoms with E-state index in [9.17, 15) is 9.59 Å². The van der Waals surface area contributed by atoms with Crippen LogP contribution in [-0.4, -0.2) is 23.6 Å². The van der Waals surface area contributed by atoms with Gasteiger partial charge in [-0.05, 0) is 30.5 Å². The van der Waals surface area contributed by atoms with Crippen LogP contribution in [-0.2, 0) is 20.7 Å². The van der Waals surface area contributed by atoms with E-state index in [4.69, 9.17) is 9.26 Å². The van der Waals surface area contributed by atoms with Crippen molar-refractivity contribution in [1.29, 1.82) is 0 Å². The monoisotopic (exact) mass is 344 g/mol. The molecule has 0 unspecified atom stereocenters. The molecule has 0 saturated heterocycles. The molecule has 2 heterocycles. The van der Waals surface area contributed by atoms with Crippen molar-refractivity contribution in [3.05, 3.63) is 52.3 Å². The Labute approximate surface area is 142 Å². The fourth-order valence-electron chi connectivity index (χ4n) is 2.29. The SMILES string of the molecule is C[C@@H](NC(=O)COC(=O)Cc1noc2ccccc12)c1cccs1. The van der Waals surface area contributed by atoms with Gasteiger partial charge in [-0.1, -0.05) is 23.4 Å². The van der Waals surface area contributed by atoms with Gasteiger partial charge in [-0.15, -0.1) is 11.3 Å². The summed E-state index contributed by atoms with van der Waals surface area (Å²) in [7, 11) is 0. The first-order valence-electron chi connectivity index (χ1n) is 7.45. The molecule has 2 aromatic heterocycles. The number of hydrogen-bond acceptors (Lipinski definition) is 6. The second-order valence-corrected chi connectivity index (χ2v) is 6.25. The molecule has 1 N–H and O–H groups in total. The van der Waals surface area contributed by atoms with Crippen molar-refractivity contribution in [3.63, 3.8) is 0 Å². The van der Waals surface area contributed by atoms with Crippen molar-refractivity contribution in [2.24, 2.45) is 0 Å². The molecule has 124 valence electrons. The van der Waals surface area contributed by atoms with Crippen LogP contribution in [0.5, 0.6) is 0 Å². The van der Waals surface area contributed by atoms with Gasteiger partial charge in [0.2, 0.25) is 0 Å². The average Bonchev–Trinajstić information content (AvgIpc) is 3.23. The zero-order valence-electron chi connectivity index (χ0n) is 13.0. The fraction of sp³-hybridized carbons (Fsp3) is 0.235. The lowest BCUT2D eigenvalue weighted by atomic mass is 10.2. The summed E-state index contributed by atoms with van der Waals surface area (Å²) in [6, 6.07) is 11.0. The van der Waals surface area contributed by atoms with E-state index in [0.29, 0.717) is 11.3 Å². The number of aromatic nitrogens is 1. The Hall–Kier alpha value is -2.67. The maximum absolute atomic E-state index is 11.9. The van der Waals surface area contributed by atoms with Gasteiger partial charge in [0.1, 0.15) is 5.69 Å². The van der Waals surface area contributed by atoms with Crippen molar-refractivity contribution in [3.8, 4) is 0 Å². The third-order valence-electron chi connectivity index (χ3n) is 3.48. The molecule has 7 heteroatoms. The molecule has 0 fully saturated rings. The Morgan fingerprint density at radius 1 is 1.29 bits per heavy atom. The molecule has 6 nitrogen and oxygen atoms in total. The molecule has 0 aliphatic rings. The summed E-state index contributed by atoms with van der Waals surface area (Å²) in [4.78, 5) is 24.8. The van der Waals surface area contributed by atoms with Crippen molar-refractivity contribution in [1.82, 2.24) is 10.5 Å². The van der Waals surface area contributed by atoms with E-state index in [1.165, 1.54) is 0 Å². The van der Waals surface area contributed by atoms with Gasteiger partial charge in [0.05, 0.1) is 12.5 Å². The van der Waals surface area contributed by atoms with Crippen LogP contribution in [0, 0.1) is 0 Å². The fourth-order valence-corrected chi connectivity index (χ4v) is 3.03. The molecule has 1 aromatic carbocycles. The van der Waals surface area contributed by atoms with E-state index in [-0.39, 0.29) is 25.0 Å². The van der Waals surface area contributed by atoms with Gasteiger partial charge >= 0.3 is 5.97 Å². The van der Waals surface area contributed by atoms with Gasteiger partial charge in [-0.25, -0.2) is 0 Å². The van der Waals surface area contributed by atoms with E-state index in [1.54, 1.807) is 17.4 Å². The summed E-state index contributed by atoms with van der Waals surface area (Å²) in [5, 5.41) is 9.37. The minimum atomic E-state index is -0.520. The second kappa shape index (κ2) is 7.27. The first-order valence-corrected chi connectivity index (χ1v) is 8.33. The lowest BCUT2D eigenvalue weighted by molar-refractivity contribution is -0.148. The number of fused-ring (bicyclic) bond motifs is 1. The van der Waals surface area contributed by atoms with E-state index < -0.39 is 5.97 Å². The number of carbonyl (C=O) groups is 2. The number of para-hydroxylation sites is 1. The average molecular weight is 344 g/mol. The van der Waals surface area contributed by atoms with Crippen molar-refractivity contribution in [2.75, 3.05) is 6.61 Å². The van der Waals surface area contributed by atoms with E-state index in [2.05, 4.69) is 10.5 Å². The highest BCUT2D eigenvalue weighted by Gasteiger charge is 2.15. The number of carbonyl (C=O) groups excluding carboxylic acids is 2. The molecule has 0 aliphatic carbocycles. The number of rotatable bonds is 6. The molecular weight excluding hydrogens is 328 g/mol. The lowest BCUT2D eigenvalue weighted by Gasteiger charge is -2.12. The number of hydrogen-bond donors (Lipinski definition) is 1. The normalized spacial score (nSPS) is 12.0. The molecular formula is C17H16N2O4S. The van der Waals surface area contributed by atoms with Gasteiger partial charge in [0.15, 0.2) is 12.2 Å². The van der Waals surface area contributed by atoms with E-state index in [0.717, 1.165) is 10.3 Å². The van der Waals surface area contributed by atoms with Gasteiger partial charge in [0.25, 0.3) is 5.91 Å². The number of nitrogens with zero attached hydrogens (tertiary/aromatic N) is 1. The van der Waals surface area contributed by atoms with Crippen LogP contribution in [0.2, 0.25) is 0 Å². The van der Waals surface area contributed by atoms with Gasteiger partial charge in [0, 0.05) is 10.3 Å². The van der Waals surface area contributed by atoms with Crippen molar-refractivity contribution < 1.29 is 18.8 Å². The lowest BCUT2D eigenvalue weighted by Crippen LogP contribution is -2.31. The van der Waals surface area contributed by atoms with E-state index in [1.807, 2.05) is 42.6 Å². The van der Waals surface area contributed by atoms with Crippen LogP contribution >= 0.6 is 11.3 Å². The quantitative estimate of drug-likeness (QED) is 0.695. The molecule has 0 bridgehead atoms. The maximum atomic E-state index is 11.9. The highest BCUT2D eigenvalue weighted by molar-refractivity contribution is 7.10. The summed E-state index contributed by atoms with van der Waals surface area (Å²) in [6.45, 7) is 1.57. The van der Waals surface area contributed by atoms with E-state index >= 15 is 0 Å². The smallest absolute Gasteiger partial charge is 0.312 e. The highest BCUT2D eigenvalue weighted by atomic mass is 32.1. The molecule has 1 atom stereocenters. The second-order valence-electron chi connectivity index (χ2n) is 5.27. The standard InChI is InChI=1S/C17H16N2O4S/c1-11(15-7-4-8-24-15)18-16(20)10-22-17(21)9-13-12-5-2-3-6-14(12)23-19-13/h2-8,11H,9-10H2,1H3,(H,18,20)/t11-/m1/s1. The highest BCUT2D eigenvalue weighted by Crippen LogP contribution is 2.19. The van der Waals surface area contributed by atoms with Crippen LogP contribution in [0.25, 0.3) is 11.0 Å². The number of amides is 1. The molecule has 0 radical (unpaired) electrons. The minimum Gasteiger partial charge on any atom is -0.455 e. The van der Waals surface area contributed by atoms with Crippen molar-refractivity contribution >= 4 is 34.2 Å². The first kappa shape index (κ1) is 16.2. The minimum absolute atomic E-state index is 0.0369. The van der Waals surface area contributed by atoms with Crippen LogP contribution in [0.1, 0.15) is 23.5 Å². The zero-order valence-corrected chi connectivity index (χ0v) is 13.8. The van der Waals surface area contributed by atoms with Gasteiger partial charge < -0.3 is 14.6 Å². The summed E-state index contributed by atoms with van der Waals surface area (Å²) in [5.41, 5.74) is 1.12. The van der Waals surface area contributed by atoms with Crippen LogP contribution in [0.4, 0.5) is 0 Å². The van der Waals surface area contributed by atoms with Crippen LogP contribution in [0.15, 0.2) is 46.3 Å². The predicted octanol–water partition coefficient (Wildman–Crippen LogP) is 2.85. The number of nitrogens with one attached hydrogen (secondary N) is 1. The van der Waals surface area contributed by atoms with Gasteiger partial charge in [-0.3, -0.25) is 9.59 Å². The van der Waals surface area contributed by atoms with Crippen LogP contribution < -0.4 is 5.32 Å². The number of ether oxygens (including phenoxy) is 1. The zero-order chi connectivity index (χ0) is 16.9. The Balaban J connectivity index is 1.49. The molecule has 0 saturated carbocycles. The maximum Gasteiger partial charge on any atom is 0.312 e. The number of esters is 1. The first-order chi connectivity index (χ1) is 11.6. The van der Waals surface area contributed by atoms with Crippen LogP contribution in [0.3, 0.4) is 0 Å². The summed E-state index contributed by atoms with van der Waals surface area (Å²) >= 11 is 1.56. The molecule has 0 spiro atoms. The third kappa shape index (κ3) is 3.80. The Kier molecular flexibility index (Phi) is 4.90. The molecule has 24 heavy (non-hydrogen) atoms. The summed E-state index contributed by atoms with van der Waals surface area (Å²) in [6.07, 6.45) is -0.0369. The Morgan fingerprint density at radius 2 is 2.12 bits per heavy atom. The topological polar surface area (TPSA) is 81.4 Å². The third-order valence-corrected chi connectivity index (χ3v) is 4.53. The van der Waals surface area contributed by atoms with Gasteiger partial charge in [-0.2, -0.15) is 0 Å². The Bertz CT molecular complexity index is 841. The largest absolute Gasteiger partial charge is 0.455 e. The Morgan fingerprint density at radius 3 is 2.92 bits per heavy atom. The molecule has 1 amide bonds.